The topological polar surface area (TPSA) is 107 Å². The maximum absolute atomic E-state index is 12.5. The third kappa shape index (κ3) is 3.78. The van der Waals surface area contributed by atoms with Gasteiger partial charge in [-0.15, -0.1) is 0 Å². The van der Waals surface area contributed by atoms with E-state index in [0.29, 0.717) is 6.54 Å². The molecule has 2 N–H and O–H groups in total. The molecular formula is C13H19N3O4S. The van der Waals surface area contributed by atoms with Gasteiger partial charge in [-0.2, -0.15) is 4.31 Å². The zero-order chi connectivity index (χ0) is 15.6. The minimum absolute atomic E-state index is 0.171. The second-order valence-electron chi connectivity index (χ2n) is 5.56. The van der Waals surface area contributed by atoms with Crippen LogP contribution >= 0.6 is 0 Å². The molecule has 8 heteroatoms. The Bertz CT molecular complexity index is 622. The Labute approximate surface area is 123 Å². The van der Waals surface area contributed by atoms with E-state index in [1.807, 2.05) is 6.92 Å². The van der Waals surface area contributed by atoms with Crippen LogP contribution in [-0.4, -0.2) is 36.8 Å². The van der Waals surface area contributed by atoms with Gasteiger partial charge in [0.25, 0.3) is 5.69 Å². The SMILES string of the molecule is CC1CC(N)CN(S(=O)(=O)Cc2ccccc2[N+](=O)[O-])C1. The Kier molecular flexibility index (Phi) is 4.60. The van der Waals surface area contributed by atoms with Gasteiger partial charge in [0.15, 0.2) is 0 Å². The highest BCUT2D eigenvalue weighted by atomic mass is 32.2. The minimum Gasteiger partial charge on any atom is -0.326 e. The molecule has 0 radical (unpaired) electrons. The van der Waals surface area contributed by atoms with Crippen molar-refractivity contribution >= 4 is 15.7 Å². The molecule has 0 bridgehead atoms. The largest absolute Gasteiger partial charge is 0.326 e. The first-order valence-electron chi connectivity index (χ1n) is 6.75. The van der Waals surface area contributed by atoms with Gasteiger partial charge in [0.05, 0.1) is 10.7 Å². The van der Waals surface area contributed by atoms with E-state index in [1.165, 1.54) is 22.5 Å². The molecule has 0 aromatic heterocycles. The smallest absolute Gasteiger partial charge is 0.273 e. The molecule has 1 heterocycles. The molecule has 0 amide bonds. The zero-order valence-electron chi connectivity index (χ0n) is 11.8. The summed E-state index contributed by atoms with van der Waals surface area (Å²) in [7, 11) is -3.61. The second-order valence-corrected chi connectivity index (χ2v) is 7.53. The number of hydrogen-bond donors (Lipinski definition) is 1. The molecule has 1 fully saturated rings. The van der Waals surface area contributed by atoms with E-state index in [-0.39, 0.29) is 35.5 Å². The Morgan fingerprint density at radius 3 is 2.67 bits per heavy atom. The Hall–Kier alpha value is -1.51. The molecule has 0 saturated carbocycles. The molecule has 2 rings (SSSR count). The monoisotopic (exact) mass is 313 g/mol. The average molecular weight is 313 g/mol. The van der Waals surface area contributed by atoms with Crippen molar-refractivity contribution in [2.24, 2.45) is 11.7 Å². The van der Waals surface area contributed by atoms with Crippen molar-refractivity contribution in [1.29, 1.82) is 0 Å². The van der Waals surface area contributed by atoms with Crippen LogP contribution in [0.2, 0.25) is 0 Å². The van der Waals surface area contributed by atoms with Crippen LogP contribution < -0.4 is 5.73 Å². The number of nitro benzene ring substituents is 1. The first kappa shape index (κ1) is 15.9. The standard InChI is InChI=1S/C13H19N3O4S/c1-10-6-12(14)8-15(7-10)21(19,20)9-11-4-2-3-5-13(11)16(17)18/h2-5,10,12H,6-9,14H2,1H3. The number of rotatable bonds is 4. The lowest BCUT2D eigenvalue weighted by molar-refractivity contribution is -0.385. The summed E-state index contributed by atoms with van der Waals surface area (Å²) < 4.78 is 26.3. The highest BCUT2D eigenvalue weighted by Gasteiger charge is 2.32. The molecule has 0 aliphatic carbocycles. The summed E-state index contributed by atoms with van der Waals surface area (Å²) in [6, 6.07) is 5.72. The second kappa shape index (κ2) is 6.08. The summed E-state index contributed by atoms with van der Waals surface area (Å²) in [5.74, 6) is -0.182. The van der Waals surface area contributed by atoms with Crippen LogP contribution in [0, 0.1) is 16.0 Å². The predicted molar refractivity (Wildman–Crippen MR) is 79.0 cm³/mol. The average Bonchev–Trinajstić information content (AvgIpc) is 2.37. The van der Waals surface area contributed by atoms with E-state index >= 15 is 0 Å². The van der Waals surface area contributed by atoms with E-state index in [4.69, 9.17) is 5.73 Å². The molecule has 2 unspecified atom stereocenters. The summed E-state index contributed by atoms with van der Waals surface area (Å²) >= 11 is 0. The Balaban J connectivity index is 2.24. The number of hydrogen-bond acceptors (Lipinski definition) is 5. The van der Waals surface area contributed by atoms with Gasteiger partial charge >= 0.3 is 0 Å². The Morgan fingerprint density at radius 2 is 2.05 bits per heavy atom. The van der Waals surface area contributed by atoms with E-state index < -0.39 is 14.9 Å². The number of nitrogens with zero attached hydrogens (tertiary/aromatic N) is 2. The van der Waals surface area contributed by atoms with E-state index in [1.54, 1.807) is 6.07 Å². The maximum atomic E-state index is 12.5. The molecule has 1 aliphatic rings. The summed E-state index contributed by atoms with van der Waals surface area (Å²) in [6.45, 7) is 2.64. The van der Waals surface area contributed by atoms with Crippen molar-refractivity contribution in [3.63, 3.8) is 0 Å². The molecular weight excluding hydrogens is 294 g/mol. The number of sulfonamides is 1. The molecule has 21 heavy (non-hydrogen) atoms. The maximum Gasteiger partial charge on any atom is 0.273 e. The predicted octanol–water partition coefficient (Wildman–Crippen LogP) is 1.09. The molecule has 1 aromatic carbocycles. The molecule has 1 aliphatic heterocycles. The van der Waals surface area contributed by atoms with Gasteiger partial charge in [-0.3, -0.25) is 10.1 Å². The summed E-state index contributed by atoms with van der Waals surface area (Å²) in [5, 5.41) is 11.0. The lowest BCUT2D eigenvalue weighted by Gasteiger charge is -2.33. The van der Waals surface area contributed by atoms with Crippen LogP contribution in [0.15, 0.2) is 24.3 Å². The number of nitro groups is 1. The molecule has 1 saturated heterocycles. The first-order valence-corrected chi connectivity index (χ1v) is 8.36. The van der Waals surface area contributed by atoms with Crippen molar-refractivity contribution in [2.45, 2.75) is 25.1 Å². The summed E-state index contributed by atoms with van der Waals surface area (Å²) in [6.07, 6.45) is 0.789. The molecule has 7 nitrogen and oxygen atoms in total. The minimum atomic E-state index is -3.61. The lowest BCUT2D eigenvalue weighted by Crippen LogP contribution is -2.49. The van der Waals surface area contributed by atoms with Crippen LogP contribution in [-0.2, 0) is 15.8 Å². The van der Waals surface area contributed by atoms with E-state index in [9.17, 15) is 18.5 Å². The third-order valence-electron chi connectivity index (χ3n) is 3.58. The fraction of sp³-hybridized carbons (Fsp3) is 0.538. The molecule has 1 aromatic rings. The Morgan fingerprint density at radius 1 is 1.38 bits per heavy atom. The van der Waals surface area contributed by atoms with Crippen LogP contribution in [0.5, 0.6) is 0 Å². The third-order valence-corrected chi connectivity index (χ3v) is 5.34. The summed E-state index contributed by atoms with van der Waals surface area (Å²) in [5.41, 5.74) is 5.90. The van der Waals surface area contributed by atoms with Gasteiger partial charge in [0, 0.05) is 30.8 Å². The number of benzene rings is 1. The van der Waals surface area contributed by atoms with Gasteiger partial charge in [0.2, 0.25) is 10.0 Å². The lowest BCUT2D eigenvalue weighted by atomic mass is 9.99. The van der Waals surface area contributed by atoms with Crippen LogP contribution in [0.3, 0.4) is 0 Å². The van der Waals surface area contributed by atoms with Gasteiger partial charge in [-0.25, -0.2) is 8.42 Å². The number of nitrogens with two attached hydrogens (primary N) is 1. The molecule has 116 valence electrons. The van der Waals surface area contributed by atoms with Gasteiger partial charge in [-0.1, -0.05) is 25.1 Å². The van der Waals surface area contributed by atoms with E-state index in [2.05, 4.69) is 0 Å². The van der Waals surface area contributed by atoms with Gasteiger partial charge in [-0.05, 0) is 12.3 Å². The molecule has 2 atom stereocenters. The highest BCUT2D eigenvalue weighted by molar-refractivity contribution is 7.88. The van der Waals surface area contributed by atoms with Crippen LogP contribution in [0.25, 0.3) is 0 Å². The number of para-hydroxylation sites is 1. The molecule has 0 spiro atoms. The van der Waals surface area contributed by atoms with E-state index in [0.717, 1.165) is 6.42 Å². The fourth-order valence-corrected chi connectivity index (χ4v) is 4.40. The highest BCUT2D eigenvalue weighted by Crippen LogP contribution is 2.24. The number of piperidine rings is 1. The normalized spacial score (nSPS) is 23.9. The van der Waals surface area contributed by atoms with Crippen molar-refractivity contribution in [3.05, 3.63) is 39.9 Å². The van der Waals surface area contributed by atoms with Crippen molar-refractivity contribution in [3.8, 4) is 0 Å². The summed E-state index contributed by atoms with van der Waals surface area (Å²) in [4.78, 5) is 10.4. The van der Waals surface area contributed by atoms with Crippen molar-refractivity contribution < 1.29 is 13.3 Å². The first-order chi connectivity index (χ1) is 9.79. The van der Waals surface area contributed by atoms with Gasteiger partial charge in [0.1, 0.15) is 0 Å². The van der Waals surface area contributed by atoms with Crippen molar-refractivity contribution in [2.75, 3.05) is 13.1 Å². The zero-order valence-corrected chi connectivity index (χ0v) is 12.6. The quantitative estimate of drug-likeness (QED) is 0.661. The fourth-order valence-electron chi connectivity index (χ4n) is 2.68. The van der Waals surface area contributed by atoms with Crippen molar-refractivity contribution in [1.82, 2.24) is 4.31 Å². The van der Waals surface area contributed by atoms with Crippen LogP contribution in [0.4, 0.5) is 5.69 Å². The van der Waals surface area contributed by atoms with Crippen LogP contribution in [0.1, 0.15) is 18.9 Å². The van der Waals surface area contributed by atoms with Gasteiger partial charge < -0.3 is 5.73 Å².